The van der Waals surface area contributed by atoms with Gasteiger partial charge in [0.1, 0.15) is 5.65 Å². The zero-order valence-electron chi connectivity index (χ0n) is 15.4. The molecular formula is C19H21N7O. The minimum Gasteiger partial charge on any atom is -0.340 e. The minimum atomic E-state index is -0.285. The van der Waals surface area contributed by atoms with Crippen molar-refractivity contribution in [2.24, 2.45) is 7.05 Å². The van der Waals surface area contributed by atoms with Gasteiger partial charge in [-0.15, -0.1) is 6.42 Å². The Morgan fingerprint density at radius 1 is 1.44 bits per heavy atom. The number of likely N-dealkylation sites (N-methyl/N-ethyl adjacent to an activating group) is 1. The van der Waals surface area contributed by atoms with Crippen LogP contribution in [0.25, 0.3) is 16.9 Å². The van der Waals surface area contributed by atoms with E-state index < -0.39 is 0 Å². The van der Waals surface area contributed by atoms with Crippen LogP contribution in [0.2, 0.25) is 0 Å². The maximum atomic E-state index is 11.9. The normalized spacial score (nSPS) is 17.1. The number of piperidine rings is 1. The van der Waals surface area contributed by atoms with Gasteiger partial charge in [0.15, 0.2) is 0 Å². The van der Waals surface area contributed by atoms with E-state index in [9.17, 15) is 4.79 Å². The molecule has 1 saturated heterocycles. The van der Waals surface area contributed by atoms with E-state index in [4.69, 9.17) is 11.4 Å². The summed E-state index contributed by atoms with van der Waals surface area (Å²) in [5.74, 6) is 2.73. The van der Waals surface area contributed by atoms with Gasteiger partial charge in [0.25, 0.3) is 5.91 Å². The fraction of sp³-hybridized carbons (Fsp3) is 0.368. The number of carbonyl (C=O) groups excluding carboxylic acids is 1. The Labute approximate surface area is 157 Å². The molecule has 1 amide bonds. The number of hydrogen-bond acceptors (Lipinski definition) is 5. The number of nitrogens with zero attached hydrogens (tertiary/aromatic N) is 7. The second-order valence-electron chi connectivity index (χ2n) is 6.80. The van der Waals surface area contributed by atoms with Crippen LogP contribution in [0.3, 0.4) is 0 Å². The summed E-state index contributed by atoms with van der Waals surface area (Å²) in [4.78, 5) is 25.1. The third kappa shape index (κ3) is 3.12. The Balaban J connectivity index is 1.71. The van der Waals surface area contributed by atoms with Crippen molar-refractivity contribution in [3.8, 4) is 23.6 Å². The van der Waals surface area contributed by atoms with Gasteiger partial charge < -0.3 is 9.80 Å². The lowest BCUT2D eigenvalue weighted by Crippen LogP contribution is -2.49. The summed E-state index contributed by atoms with van der Waals surface area (Å²) in [7, 11) is 3.65. The Morgan fingerprint density at radius 3 is 3.04 bits per heavy atom. The van der Waals surface area contributed by atoms with Crippen LogP contribution >= 0.6 is 0 Å². The molecule has 0 aromatic carbocycles. The monoisotopic (exact) mass is 363 g/mol. The second-order valence-corrected chi connectivity index (χ2v) is 6.80. The number of fused-ring (bicyclic) bond motifs is 1. The number of terminal acetylenes is 1. The number of anilines is 1. The topological polar surface area (TPSA) is 71.6 Å². The van der Waals surface area contributed by atoms with E-state index >= 15 is 0 Å². The molecule has 27 heavy (non-hydrogen) atoms. The predicted molar refractivity (Wildman–Crippen MR) is 102 cm³/mol. The first-order valence-electron chi connectivity index (χ1n) is 8.88. The van der Waals surface area contributed by atoms with Crippen LogP contribution in [0.1, 0.15) is 12.8 Å². The van der Waals surface area contributed by atoms with Gasteiger partial charge in [0.2, 0.25) is 5.95 Å². The molecule has 1 atom stereocenters. The number of amides is 1. The van der Waals surface area contributed by atoms with Crippen LogP contribution < -0.4 is 4.90 Å². The van der Waals surface area contributed by atoms with Crippen molar-refractivity contribution >= 4 is 17.5 Å². The van der Waals surface area contributed by atoms with E-state index in [2.05, 4.69) is 20.9 Å². The molecule has 8 nitrogen and oxygen atoms in total. The second kappa shape index (κ2) is 6.76. The summed E-state index contributed by atoms with van der Waals surface area (Å²) in [6.45, 7) is 1.55. The lowest BCUT2D eigenvalue weighted by molar-refractivity contribution is -0.126. The summed E-state index contributed by atoms with van der Waals surface area (Å²) >= 11 is 0. The van der Waals surface area contributed by atoms with Gasteiger partial charge in [-0.3, -0.25) is 13.9 Å². The Bertz CT molecular complexity index is 1030. The van der Waals surface area contributed by atoms with Crippen LogP contribution in [0, 0.1) is 12.3 Å². The van der Waals surface area contributed by atoms with Crippen LogP contribution in [0.5, 0.6) is 0 Å². The standard InChI is InChI=1S/C19H21N7O/c1-4-18(27)24(3)15-6-5-8-25(13-15)19-22-16(14-11-21-23(2)12-14)10-17-20-7-9-26(17)19/h1,7,9-12,15H,5-6,8,13H2,2-3H3. The smallest absolute Gasteiger partial charge is 0.298 e. The van der Waals surface area contributed by atoms with Crippen LogP contribution in [0.4, 0.5) is 5.95 Å². The number of aromatic nitrogens is 5. The van der Waals surface area contributed by atoms with Crippen LogP contribution in [0.15, 0.2) is 30.9 Å². The van der Waals surface area contributed by atoms with Crippen molar-refractivity contribution in [1.29, 1.82) is 0 Å². The largest absolute Gasteiger partial charge is 0.340 e. The highest BCUT2D eigenvalue weighted by atomic mass is 16.2. The van der Waals surface area contributed by atoms with E-state index in [1.807, 2.05) is 29.9 Å². The maximum Gasteiger partial charge on any atom is 0.298 e. The van der Waals surface area contributed by atoms with Crippen LogP contribution in [-0.4, -0.2) is 61.1 Å². The summed E-state index contributed by atoms with van der Waals surface area (Å²) in [6.07, 6.45) is 14.6. The van der Waals surface area contributed by atoms with Gasteiger partial charge in [0.05, 0.1) is 11.9 Å². The molecule has 0 N–H and O–H groups in total. The molecule has 1 unspecified atom stereocenters. The molecule has 1 aliphatic heterocycles. The highest BCUT2D eigenvalue weighted by Crippen LogP contribution is 2.26. The van der Waals surface area contributed by atoms with E-state index in [1.54, 1.807) is 29.0 Å². The molecule has 4 rings (SSSR count). The SMILES string of the molecule is C#CC(=O)N(C)C1CCCN(c2nc(-c3cnn(C)c3)cc3nccn23)C1. The molecule has 0 bridgehead atoms. The number of rotatable bonds is 3. The quantitative estimate of drug-likeness (QED) is 0.654. The van der Waals surface area contributed by atoms with E-state index in [1.165, 1.54) is 0 Å². The summed E-state index contributed by atoms with van der Waals surface area (Å²) in [5, 5.41) is 4.24. The molecule has 4 heterocycles. The molecule has 3 aromatic heterocycles. The van der Waals surface area contributed by atoms with Crippen molar-refractivity contribution in [3.05, 3.63) is 30.9 Å². The van der Waals surface area contributed by atoms with Gasteiger partial charge in [0, 0.05) is 63.4 Å². The van der Waals surface area contributed by atoms with Gasteiger partial charge in [-0.2, -0.15) is 5.10 Å². The van der Waals surface area contributed by atoms with Gasteiger partial charge in [-0.05, 0) is 18.8 Å². The molecule has 138 valence electrons. The van der Waals surface area contributed by atoms with Gasteiger partial charge in [-0.1, -0.05) is 0 Å². The molecule has 0 radical (unpaired) electrons. The molecular weight excluding hydrogens is 342 g/mol. The summed E-state index contributed by atoms with van der Waals surface area (Å²) < 4.78 is 3.73. The molecule has 8 heteroatoms. The molecule has 0 spiro atoms. The first-order chi connectivity index (χ1) is 13.1. The summed E-state index contributed by atoms with van der Waals surface area (Å²) in [5.41, 5.74) is 2.60. The predicted octanol–water partition coefficient (Wildman–Crippen LogP) is 1.19. The minimum absolute atomic E-state index is 0.0599. The Hall–Kier alpha value is -3.34. The highest BCUT2D eigenvalue weighted by Gasteiger charge is 2.27. The van der Waals surface area contributed by atoms with Crippen molar-refractivity contribution in [1.82, 2.24) is 29.0 Å². The molecule has 1 fully saturated rings. The van der Waals surface area contributed by atoms with E-state index in [-0.39, 0.29) is 11.9 Å². The average Bonchev–Trinajstić information content (AvgIpc) is 3.34. The fourth-order valence-corrected chi connectivity index (χ4v) is 3.55. The fourth-order valence-electron chi connectivity index (χ4n) is 3.55. The molecule has 1 aliphatic rings. The summed E-state index contributed by atoms with van der Waals surface area (Å²) in [6, 6.07) is 2.01. The van der Waals surface area contributed by atoms with Gasteiger partial charge in [-0.25, -0.2) is 9.97 Å². The maximum absolute atomic E-state index is 11.9. The van der Waals surface area contributed by atoms with E-state index in [0.29, 0.717) is 6.54 Å². The van der Waals surface area contributed by atoms with Crippen molar-refractivity contribution in [2.45, 2.75) is 18.9 Å². The number of aryl methyl sites for hydroxylation is 1. The Kier molecular flexibility index (Phi) is 4.28. The highest BCUT2D eigenvalue weighted by molar-refractivity contribution is 5.92. The van der Waals surface area contributed by atoms with Crippen LogP contribution in [-0.2, 0) is 11.8 Å². The number of imidazole rings is 1. The molecule has 0 aliphatic carbocycles. The molecule has 3 aromatic rings. The average molecular weight is 363 g/mol. The lowest BCUT2D eigenvalue weighted by Gasteiger charge is -2.37. The van der Waals surface area contributed by atoms with E-state index in [0.717, 1.165) is 42.2 Å². The number of hydrogen-bond donors (Lipinski definition) is 0. The van der Waals surface area contributed by atoms with Crippen molar-refractivity contribution in [2.75, 3.05) is 25.0 Å². The Morgan fingerprint density at radius 2 is 2.30 bits per heavy atom. The van der Waals surface area contributed by atoms with Crippen molar-refractivity contribution in [3.63, 3.8) is 0 Å². The zero-order valence-corrected chi connectivity index (χ0v) is 15.4. The first-order valence-corrected chi connectivity index (χ1v) is 8.88. The first kappa shape index (κ1) is 17.1. The lowest BCUT2D eigenvalue weighted by atomic mass is 10.0. The molecule has 0 saturated carbocycles. The zero-order chi connectivity index (χ0) is 19.0. The third-order valence-electron chi connectivity index (χ3n) is 5.04. The van der Waals surface area contributed by atoms with Gasteiger partial charge >= 0.3 is 0 Å². The third-order valence-corrected chi connectivity index (χ3v) is 5.04. The van der Waals surface area contributed by atoms with Crippen molar-refractivity contribution < 1.29 is 4.79 Å². The number of carbonyl (C=O) groups is 1.